The molecule has 1 aromatic carbocycles. The Hall–Kier alpha value is -3.17. The zero-order valence-electron chi connectivity index (χ0n) is 20.4. The number of aromatic nitrogens is 3. The van der Waals surface area contributed by atoms with Crippen LogP contribution in [0.5, 0.6) is 0 Å². The van der Waals surface area contributed by atoms with Crippen molar-refractivity contribution in [2.75, 3.05) is 32.1 Å². The summed E-state index contributed by atoms with van der Waals surface area (Å²) >= 11 is 0. The summed E-state index contributed by atoms with van der Waals surface area (Å²) in [6, 6.07) is 6.32. The lowest BCUT2D eigenvalue weighted by Crippen LogP contribution is -2.38. The molecule has 4 rings (SSSR count). The molecule has 2 aromatic rings. The Kier molecular flexibility index (Phi) is 6.27. The van der Waals surface area contributed by atoms with E-state index in [2.05, 4.69) is 51.2 Å². The van der Waals surface area contributed by atoms with E-state index in [1.54, 1.807) is 23.7 Å². The van der Waals surface area contributed by atoms with Gasteiger partial charge in [0, 0.05) is 18.8 Å². The first-order chi connectivity index (χ1) is 15.7. The molecule has 1 N–H and O–H groups in total. The fourth-order valence-corrected chi connectivity index (χ4v) is 3.95. The number of aliphatic hydroxyl groups is 1. The van der Waals surface area contributed by atoms with Gasteiger partial charge in [-0.25, -0.2) is 4.99 Å². The van der Waals surface area contributed by atoms with E-state index in [4.69, 9.17) is 4.99 Å². The summed E-state index contributed by atoms with van der Waals surface area (Å²) in [5.41, 5.74) is 5.86. The molecule has 0 saturated carbocycles. The van der Waals surface area contributed by atoms with Gasteiger partial charge in [-0.05, 0) is 84.1 Å². The summed E-state index contributed by atoms with van der Waals surface area (Å²) < 4.78 is 1.64. The maximum absolute atomic E-state index is 10.9. The van der Waals surface area contributed by atoms with E-state index in [0.29, 0.717) is 23.1 Å². The van der Waals surface area contributed by atoms with Crippen LogP contribution in [0.4, 0.5) is 11.4 Å². The number of aliphatic hydroxyl groups excluding tert-OH is 1. The maximum Gasteiger partial charge on any atom is 0.205 e. The second-order valence-corrected chi connectivity index (χ2v) is 8.66. The largest absolute Gasteiger partial charge is 0.372 e. The summed E-state index contributed by atoms with van der Waals surface area (Å²) in [7, 11) is 3.59. The lowest BCUT2D eigenvalue weighted by atomic mass is 10.1. The average molecular weight is 449 g/mol. The first-order valence-electron chi connectivity index (χ1n) is 11.3. The topological polar surface area (TPSA) is 94.5 Å². The first-order valence-corrected chi connectivity index (χ1v) is 11.3. The van der Waals surface area contributed by atoms with Gasteiger partial charge in [0.15, 0.2) is 6.23 Å². The van der Waals surface area contributed by atoms with Crippen LogP contribution in [0.2, 0.25) is 0 Å². The van der Waals surface area contributed by atoms with Gasteiger partial charge in [0.25, 0.3) is 0 Å². The number of hydrogen-bond donors (Lipinski definition) is 1. The van der Waals surface area contributed by atoms with Gasteiger partial charge in [0.1, 0.15) is 17.1 Å². The number of hydrogen-bond acceptors (Lipinski definition) is 8. The quantitative estimate of drug-likeness (QED) is 0.658. The third kappa shape index (κ3) is 4.14. The number of nitrogens with zero attached hydrogens (tertiary/aromatic N) is 8. The Morgan fingerprint density at radius 1 is 1.12 bits per heavy atom. The van der Waals surface area contributed by atoms with Crippen LogP contribution in [0.15, 0.2) is 44.9 Å². The summed E-state index contributed by atoms with van der Waals surface area (Å²) in [6.07, 6.45) is 1.07. The fraction of sp³-hybridized carbons (Fsp3) is 0.458. The van der Waals surface area contributed by atoms with Crippen molar-refractivity contribution < 1.29 is 5.11 Å². The SMILES string of the molecule is CCN(CC)c1ccc(N=C2C(C(O)N(C)C)=Nn3c(C4=NC(C)C(C)=C4)nnc32)c(C)c1. The highest BCUT2D eigenvalue weighted by Crippen LogP contribution is 2.28. The number of aryl methyl sites for hydroxylation is 1. The van der Waals surface area contributed by atoms with E-state index in [0.717, 1.165) is 41.3 Å². The normalized spacial score (nSPS) is 19.6. The van der Waals surface area contributed by atoms with Crippen LogP contribution < -0.4 is 4.90 Å². The molecule has 3 heterocycles. The maximum atomic E-state index is 10.9. The van der Waals surface area contributed by atoms with Crippen molar-refractivity contribution >= 4 is 28.5 Å². The zero-order chi connectivity index (χ0) is 23.9. The Balaban J connectivity index is 1.80. The van der Waals surface area contributed by atoms with Crippen LogP contribution in [0, 0.1) is 6.92 Å². The number of fused-ring (bicyclic) bond motifs is 1. The third-order valence-corrected chi connectivity index (χ3v) is 6.16. The minimum Gasteiger partial charge on any atom is -0.372 e. The van der Waals surface area contributed by atoms with Gasteiger partial charge < -0.3 is 10.0 Å². The van der Waals surface area contributed by atoms with Gasteiger partial charge in [-0.1, -0.05) is 0 Å². The Labute approximate surface area is 194 Å². The van der Waals surface area contributed by atoms with E-state index in [9.17, 15) is 5.11 Å². The van der Waals surface area contributed by atoms with Crippen molar-refractivity contribution in [3.05, 3.63) is 47.1 Å². The summed E-state index contributed by atoms with van der Waals surface area (Å²) in [5.74, 6) is 1.05. The monoisotopic (exact) mass is 448 g/mol. The van der Waals surface area contributed by atoms with E-state index < -0.39 is 6.23 Å². The van der Waals surface area contributed by atoms with Crippen molar-refractivity contribution in [3.63, 3.8) is 0 Å². The van der Waals surface area contributed by atoms with E-state index in [1.165, 1.54) is 0 Å². The molecule has 2 unspecified atom stereocenters. The van der Waals surface area contributed by atoms with Gasteiger partial charge in [-0.3, -0.25) is 9.89 Å². The summed E-state index contributed by atoms with van der Waals surface area (Å²) in [4.78, 5) is 13.6. The van der Waals surface area contributed by atoms with Gasteiger partial charge in [-0.2, -0.15) is 9.78 Å². The van der Waals surface area contributed by atoms with Crippen LogP contribution >= 0.6 is 0 Å². The molecule has 2 atom stereocenters. The predicted octanol–water partition coefficient (Wildman–Crippen LogP) is 2.79. The Morgan fingerprint density at radius 2 is 1.82 bits per heavy atom. The zero-order valence-corrected chi connectivity index (χ0v) is 20.4. The molecule has 0 bridgehead atoms. The number of anilines is 1. The number of benzene rings is 1. The molecule has 9 heteroatoms. The van der Waals surface area contributed by atoms with Gasteiger partial charge in [0.05, 0.1) is 11.7 Å². The van der Waals surface area contributed by atoms with Crippen molar-refractivity contribution in [1.82, 2.24) is 19.8 Å². The average Bonchev–Trinajstić information content (AvgIpc) is 3.44. The van der Waals surface area contributed by atoms with Crippen LogP contribution in [-0.4, -0.2) is 81.5 Å². The third-order valence-electron chi connectivity index (χ3n) is 6.16. The molecule has 0 amide bonds. The minimum atomic E-state index is -0.935. The molecular formula is C24H32N8O. The molecule has 0 radical (unpaired) electrons. The van der Waals surface area contributed by atoms with Crippen LogP contribution in [0.25, 0.3) is 0 Å². The van der Waals surface area contributed by atoms with Gasteiger partial charge >= 0.3 is 0 Å². The molecule has 174 valence electrons. The molecule has 1 aromatic heterocycles. The Morgan fingerprint density at radius 3 is 2.39 bits per heavy atom. The summed E-state index contributed by atoms with van der Waals surface area (Å²) in [6.45, 7) is 12.3. The highest BCUT2D eigenvalue weighted by molar-refractivity contribution is 6.50. The van der Waals surface area contributed by atoms with Crippen molar-refractivity contribution in [2.24, 2.45) is 15.1 Å². The molecule has 2 aliphatic heterocycles. The molecule has 0 spiro atoms. The van der Waals surface area contributed by atoms with E-state index in [-0.39, 0.29) is 6.04 Å². The van der Waals surface area contributed by atoms with Gasteiger partial charge in [-0.15, -0.1) is 10.2 Å². The van der Waals surface area contributed by atoms with Gasteiger partial charge in [0.2, 0.25) is 11.6 Å². The van der Waals surface area contributed by atoms with Crippen LogP contribution in [0.3, 0.4) is 0 Å². The molecule has 33 heavy (non-hydrogen) atoms. The van der Waals surface area contributed by atoms with Crippen LogP contribution in [0.1, 0.15) is 44.9 Å². The molecule has 0 saturated heterocycles. The molecular weight excluding hydrogens is 416 g/mol. The number of aliphatic imine (C=N–C) groups is 2. The smallest absolute Gasteiger partial charge is 0.205 e. The highest BCUT2D eigenvalue weighted by atomic mass is 16.3. The fourth-order valence-electron chi connectivity index (χ4n) is 3.95. The van der Waals surface area contributed by atoms with E-state index in [1.807, 2.05) is 32.9 Å². The van der Waals surface area contributed by atoms with Crippen molar-refractivity contribution in [2.45, 2.75) is 46.9 Å². The number of rotatable bonds is 7. The van der Waals surface area contributed by atoms with Crippen molar-refractivity contribution in [3.8, 4) is 0 Å². The molecule has 9 nitrogen and oxygen atoms in total. The first kappa shape index (κ1) is 23.0. The predicted molar refractivity (Wildman–Crippen MR) is 133 cm³/mol. The molecule has 0 aliphatic carbocycles. The molecule has 0 fully saturated rings. The Bertz CT molecular complexity index is 1180. The van der Waals surface area contributed by atoms with Crippen molar-refractivity contribution in [1.29, 1.82) is 0 Å². The second kappa shape index (κ2) is 8.99. The number of allylic oxidation sites excluding steroid dienone is 1. The van der Waals surface area contributed by atoms with Crippen LogP contribution in [-0.2, 0) is 0 Å². The lowest BCUT2D eigenvalue weighted by Gasteiger charge is -2.22. The highest BCUT2D eigenvalue weighted by Gasteiger charge is 2.35. The van der Waals surface area contributed by atoms with E-state index >= 15 is 0 Å². The summed E-state index contributed by atoms with van der Waals surface area (Å²) in [5, 5.41) is 24.3. The minimum absolute atomic E-state index is 0.102. The molecule has 2 aliphatic rings. The lowest BCUT2D eigenvalue weighted by molar-refractivity contribution is 0.103. The second-order valence-electron chi connectivity index (χ2n) is 8.66. The standard InChI is InChI=1S/C24H32N8O/c1-8-31(9-2)17-10-11-18(15(4)12-17)26-20-21(24(33)30(6)7)29-32-22(27-28-23(20)32)19-13-14(3)16(5)25-19/h10-13,16,24,33H,8-9H2,1-7H3.